The van der Waals surface area contributed by atoms with Gasteiger partial charge >= 0.3 is 0 Å². The first-order valence-corrected chi connectivity index (χ1v) is 5.23. The van der Waals surface area contributed by atoms with Gasteiger partial charge in [-0.05, 0) is 26.0 Å². The number of carbonyl (C=O) groups excluding carboxylic acids is 1. The van der Waals surface area contributed by atoms with Crippen molar-refractivity contribution in [3.63, 3.8) is 0 Å². The topological polar surface area (TPSA) is 75.3 Å². The van der Waals surface area contributed by atoms with E-state index in [0.29, 0.717) is 10.6 Å². The first kappa shape index (κ1) is 12.8. The Kier molecular flexibility index (Phi) is 3.78. The molecular formula is C11H15ClN2O2. The number of halogens is 1. The lowest BCUT2D eigenvalue weighted by molar-refractivity contribution is 0.0694. The van der Waals surface area contributed by atoms with Crippen LogP contribution in [-0.4, -0.2) is 23.2 Å². The number of aliphatic hydroxyl groups is 1. The predicted octanol–water partition coefficient (Wildman–Crippen LogP) is 1.42. The number of para-hydroxylation sites is 1. The molecule has 1 rings (SSSR count). The third kappa shape index (κ3) is 3.40. The Morgan fingerprint density at radius 1 is 1.56 bits per heavy atom. The van der Waals surface area contributed by atoms with Gasteiger partial charge in [-0.25, -0.2) is 0 Å². The molecule has 16 heavy (non-hydrogen) atoms. The van der Waals surface area contributed by atoms with Gasteiger partial charge in [0.15, 0.2) is 0 Å². The number of rotatable bonds is 3. The minimum absolute atomic E-state index is 0.151. The summed E-state index contributed by atoms with van der Waals surface area (Å²) in [4.78, 5) is 11.7. The third-order valence-electron chi connectivity index (χ3n) is 1.98. The van der Waals surface area contributed by atoms with Gasteiger partial charge in [-0.2, -0.15) is 0 Å². The number of amides is 1. The summed E-state index contributed by atoms with van der Waals surface area (Å²) in [6.07, 6.45) is 0. The van der Waals surface area contributed by atoms with Crippen LogP contribution >= 0.6 is 11.6 Å². The van der Waals surface area contributed by atoms with Crippen molar-refractivity contribution in [2.45, 2.75) is 19.4 Å². The molecule has 0 atom stereocenters. The van der Waals surface area contributed by atoms with Crippen molar-refractivity contribution in [3.05, 3.63) is 28.8 Å². The van der Waals surface area contributed by atoms with Gasteiger partial charge in [0.05, 0.1) is 21.9 Å². The smallest absolute Gasteiger partial charge is 0.253 e. The second kappa shape index (κ2) is 4.72. The molecule has 4 nitrogen and oxygen atoms in total. The van der Waals surface area contributed by atoms with Crippen LogP contribution in [0.3, 0.4) is 0 Å². The molecule has 0 heterocycles. The largest absolute Gasteiger partial charge is 0.397 e. The van der Waals surface area contributed by atoms with Gasteiger partial charge in [-0.3, -0.25) is 4.79 Å². The van der Waals surface area contributed by atoms with Crippen molar-refractivity contribution in [1.29, 1.82) is 0 Å². The van der Waals surface area contributed by atoms with E-state index in [9.17, 15) is 9.90 Å². The highest BCUT2D eigenvalue weighted by Crippen LogP contribution is 2.22. The van der Waals surface area contributed by atoms with E-state index in [1.54, 1.807) is 32.0 Å². The van der Waals surface area contributed by atoms with E-state index in [4.69, 9.17) is 17.3 Å². The van der Waals surface area contributed by atoms with Crippen molar-refractivity contribution in [2.24, 2.45) is 0 Å². The van der Waals surface area contributed by atoms with Gasteiger partial charge in [-0.15, -0.1) is 0 Å². The molecule has 0 aliphatic rings. The molecule has 0 fully saturated rings. The summed E-state index contributed by atoms with van der Waals surface area (Å²) in [5, 5.41) is 12.4. The van der Waals surface area contributed by atoms with E-state index in [0.717, 1.165) is 0 Å². The fourth-order valence-electron chi connectivity index (χ4n) is 1.13. The zero-order chi connectivity index (χ0) is 12.3. The fraction of sp³-hybridized carbons (Fsp3) is 0.364. The summed E-state index contributed by atoms with van der Waals surface area (Å²) in [5.41, 5.74) is 5.28. The second-order valence-corrected chi connectivity index (χ2v) is 4.60. The highest BCUT2D eigenvalue weighted by atomic mass is 35.5. The Balaban J connectivity index is 2.78. The Morgan fingerprint density at radius 3 is 2.75 bits per heavy atom. The molecule has 88 valence electrons. The average molecular weight is 243 g/mol. The monoisotopic (exact) mass is 242 g/mol. The SMILES string of the molecule is CC(C)(O)CNC(=O)c1cccc(Cl)c1N. The lowest BCUT2D eigenvalue weighted by Crippen LogP contribution is -2.38. The summed E-state index contributed by atoms with van der Waals surface area (Å²) in [5.74, 6) is -0.345. The zero-order valence-electron chi connectivity index (χ0n) is 9.25. The number of hydrogen-bond donors (Lipinski definition) is 3. The summed E-state index contributed by atoms with van der Waals surface area (Å²) in [6.45, 7) is 3.36. The molecule has 4 N–H and O–H groups in total. The average Bonchev–Trinajstić information content (AvgIpc) is 2.17. The fourth-order valence-corrected chi connectivity index (χ4v) is 1.30. The standard InChI is InChI=1S/C11H15ClN2O2/c1-11(2,16)6-14-10(15)7-4-3-5-8(12)9(7)13/h3-5,16H,6,13H2,1-2H3,(H,14,15). The van der Waals surface area contributed by atoms with Crippen LogP contribution in [0.15, 0.2) is 18.2 Å². The van der Waals surface area contributed by atoms with E-state index >= 15 is 0 Å². The van der Waals surface area contributed by atoms with E-state index in [2.05, 4.69) is 5.32 Å². The van der Waals surface area contributed by atoms with Crippen molar-refractivity contribution >= 4 is 23.2 Å². The molecule has 1 amide bonds. The molecular weight excluding hydrogens is 228 g/mol. The minimum atomic E-state index is -0.955. The van der Waals surface area contributed by atoms with Crippen molar-refractivity contribution in [1.82, 2.24) is 5.32 Å². The second-order valence-electron chi connectivity index (χ2n) is 4.20. The van der Waals surface area contributed by atoms with Crippen molar-refractivity contribution in [2.75, 3.05) is 12.3 Å². The zero-order valence-corrected chi connectivity index (χ0v) is 10.0. The van der Waals surface area contributed by atoms with Crippen LogP contribution < -0.4 is 11.1 Å². The van der Waals surface area contributed by atoms with Gasteiger partial charge in [0.25, 0.3) is 5.91 Å². The van der Waals surface area contributed by atoms with Crippen LogP contribution in [0.25, 0.3) is 0 Å². The van der Waals surface area contributed by atoms with Crippen molar-refractivity contribution < 1.29 is 9.90 Å². The molecule has 1 aromatic rings. The summed E-state index contributed by atoms with van der Waals surface area (Å²) >= 11 is 5.79. The Morgan fingerprint density at radius 2 is 2.19 bits per heavy atom. The highest BCUT2D eigenvalue weighted by Gasteiger charge is 2.16. The number of carbonyl (C=O) groups is 1. The van der Waals surface area contributed by atoms with Crippen molar-refractivity contribution in [3.8, 4) is 0 Å². The molecule has 0 unspecified atom stereocenters. The molecule has 0 bridgehead atoms. The number of benzene rings is 1. The summed E-state index contributed by atoms with van der Waals surface area (Å²) < 4.78 is 0. The van der Waals surface area contributed by atoms with Crippen LogP contribution in [0.2, 0.25) is 5.02 Å². The molecule has 0 radical (unpaired) electrons. The van der Waals surface area contributed by atoms with Gasteiger partial charge in [0, 0.05) is 6.54 Å². The van der Waals surface area contributed by atoms with Crippen LogP contribution in [0.5, 0.6) is 0 Å². The maximum Gasteiger partial charge on any atom is 0.253 e. The van der Waals surface area contributed by atoms with E-state index < -0.39 is 5.60 Å². The molecule has 5 heteroatoms. The Labute approximate surface area is 99.4 Å². The van der Waals surface area contributed by atoms with Gasteiger partial charge in [0.2, 0.25) is 0 Å². The van der Waals surface area contributed by atoms with E-state index in [1.807, 2.05) is 0 Å². The van der Waals surface area contributed by atoms with Gasteiger partial charge in [0.1, 0.15) is 0 Å². The molecule has 0 spiro atoms. The summed E-state index contributed by atoms with van der Waals surface area (Å²) in [6, 6.07) is 4.85. The lowest BCUT2D eigenvalue weighted by Gasteiger charge is -2.18. The van der Waals surface area contributed by atoms with E-state index in [1.165, 1.54) is 0 Å². The molecule has 0 aromatic heterocycles. The van der Waals surface area contributed by atoms with Gasteiger partial charge < -0.3 is 16.2 Å². The molecule has 0 aliphatic carbocycles. The number of nitrogen functional groups attached to an aromatic ring is 1. The first-order valence-electron chi connectivity index (χ1n) is 4.86. The van der Waals surface area contributed by atoms with Crippen LogP contribution in [0.4, 0.5) is 5.69 Å². The molecule has 1 aromatic carbocycles. The van der Waals surface area contributed by atoms with Gasteiger partial charge in [-0.1, -0.05) is 17.7 Å². The molecule has 0 saturated heterocycles. The quantitative estimate of drug-likeness (QED) is 0.702. The first-order chi connectivity index (χ1) is 7.31. The van der Waals surface area contributed by atoms with Crippen LogP contribution in [0.1, 0.15) is 24.2 Å². The maximum atomic E-state index is 11.7. The van der Waals surface area contributed by atoms with Crippen LogP contribution in [0, 0.1) is 0 Å². The Bertz CT molecular complexity index is 399. The third-order valence-corrected chi connectivity index (χ3v) is 2.31. The molecule has 0 aliphatic heterocycles. The normalized spacial score (nSPS) is 11.2. The van der Waals surface area contributed by atoms with E-state index in [-0.39, 0.29) is 18.1 Å². The lowest BCUT2D eigenvalue weighted by atomic mass is 10.1. The number of nitrogens with two attached hydrogens (primary N) is 1. The predicted molar refractivity (Wildman–Crippen MR) is 64.5 cm³/mol. The Hall–Kier alpha value is -1.26. The molecule has 0 saturated carbocycles. The number of nitrogens with one attached hydrogen (secondary N) is 1. The maximum absolute atomic E-state index is 11.7. The highest BCUT2D eigenvalue weighted by molar-refractivity contribution is 6.33. The minimum Gasteiger partial charge on any atom is -0.397 e. The summed E-state index contributed by atoms with van der Waals surface area (Å²) in [7, 11) is 0. The van der Waals surface area contributed by atoms with Crippen LogP contribution in [-0.2, 0) is 0 Å². The number of anilines is 1. The number of hydrogen-bond acceptors (Lipinski definition) is 3.